The van der Waals surface area contributed by atoms with E-state index in [-0.39, 0.29) is 5.91 Å². The van der Waals surface area contributed by atoms with Crippen molar-refractivity contribution in [2.45, 2.75) is 0 Å². The minimum atomic E-state index is -0.249. The number of anilines is 1. The van der Waals surface area contributed by atoms with Crippen LogP contribution in [0.3, 0.4) is 0 Å². The van der Waals surface area contributed by atoms with Crippen molar-refractivity contribution in [2.75, 3.05) is 12.4 Å². The van der Waals surface area contributed by atoms with Gasteiger partial charge in [0.2, 0.25) is 0 Å². The van der Waals surface area contributed by atoms with E-state index in [1.165, 1.54) is 11.3 Å². The number of hydrogen-bond donors (Lipinski definition) is 1. The summed E-state index contributed by atoms with van der Waals surface area (Å²) in [5, 5.41) is 4.47. The van der Waals surface area contributed by atoms with Gasteiger partial charge in [-0.1, -0.05) is 0 Å². The number of rotatable bonds is 3. The summed E-state index contributed by atoms with van der Waals surface area (Å²) in [5.74, 6) is 0.396. The van der Waals surface area contributed by atoms with Crippen LogP contribution in [-0.4, -0.2) is 18.0 Å². The molecule has 94 valence electrons. The quantitative estimate of drug-likeness (QED) is 0.862. The molecule has 0 aliphatic heterocycles. The lowest BCUT2D eigenvalue weighted by molar-refractivity contribution is 0.102. The minimum Gasteiger partial charge on any atom is -0.495 e. The Morgan fingerprint density at radius 3 is 2.78 bits per heavy atom. The van der Waals surface area contributed by atoms with Crippen LogP contribution in [0.25, 0.3) is 0 Å². The van der Waals surface area contributed by atoms with Gasteiger partial charge < -0.3 is 10.1 Å². The number of carbonyl (C=O) groups excluding carboxylic acids is 1. The number of benzene rings is 1. The molecule has 4 nitrogen and oxygen atoms in total. The van der Waals surface area contributed by atoms with Crippen LogP contribution in [0.5, 0.6) is 5.75 Å². The number of carbonyl (C=O) groups is 1. The Bertz CT molecular complexity index is 573. The molecule has 1 aromatic heterocycles. The first-order valence-electron chi connectivity index (χ1n) is 4.84. The van der Waals surface area contributed by atoms with Crippen molar-refractivity contribution in [3.8, 4) is 5.75 Å². The van der Waals surface area contributed by atoms with Gasteiger partial charge in [-0.3, -0.25) is 4.79 Å². The number of amides is 1. The molecule has 0 aliphatic rings. The van der Waals surface area contributed by atoms with E-state index in [1.54, 1.807) is 24.1 Å². The summed E-state index contributed by atoms with van der Waals surface area (Å²) in [6.45, 7) is 0. The van der Waals surface area contributed by atoms with E-state index in [0.29, 0.717) is 17.1 Å². The van der Waals surface area contributed by atoms with E-state index in [1.807, 2.05) is 6.07 Å². The van der Waals surface area contributed by atoms with Gasteiger partial charge in [-0.25, -0.2) is 4.98 Å². The molecule has 0 atom stereocenters. The van der Waals surface area contributed by atoms with Crippen LogP contribution >= 0.6 is 43.2 Å². The van der Waals surface area contributed by atoms with Gasteiger partial charge in [0.1, 0.15) is 11.4 Å². The molecular weight excluding hydrogens is 384 g/mol. The van der Waals surface area contributed by atoms with Crippen LogP contribution in [0.4, 0.5) is 5.69 Å². The molecular formula is C11H8Br2N2O2S. The number of hydrogen-bond acceptors (Lipinski definition) is 4. The van der Waals surface area contributed by atoms with E-state index < -0.39 is 0 Å². The molecule has 0 radical (unpaired) electrons. The van der Waals surface area contributed by atoms with Crippen molar-refractivity contribution in [2.24, 2.45) is 0 Å². The Morgan fingerprint density at radius 2 is 2.17 bits per heavy atom. The Labute approximate surface area is 125 Å². The van der Waals surface area contributed by atoms with E-state index in [0.717, 1.165) is 8.95 Å². The lowest BCUT2D eigenvalue weighted by Crippen LogP contribution is -2.12. The molecule has 1 amide bonds. The third kappa shape index (κ3) is 2.90. The predicted octanol–water partition coefficient (Wildman–Crippen LogP) is 3.93. The Balaban J connectivity index is 2.26. The van der Waals surface area contributed by atoms with Crippen molar-refractivity contribution < 1.29 is 9.53 Å². The average molecular weight is 392 g/mol. The van der Waals surface area contributed by atoms with E-state index in [2.05, 4.69) is 42.2 Å². The molecule has 1 N–H and O–H groups in total. The third-order valence-corrected chi connectivity index (χ3v) is 4.02. The molecule has 2 rings (SSSR count). The Morgan fingerprint density at radius 1 is 1.39 bits per heavy atom. The van der Waals surface area contributed by atoms with Crippen LogP contribution in [0, 0.1) is 0 Å². The lowest BCUT2D eigenvalue weighted by Gasteiger charge is -2.10. The third-order valence-electron chi connectivity index (χ3n) is 2.15. The predicted molar refractivity (Wildman–Crippen MR) is 78.5 cm³/mol. The average Bonchev–Trinajstić information content (AvgIpc) is 2.86. The van der Waals surface area contributed by atoms with Crippen LogP contribution < -0.4 is 10.1 Å². The van der Waals surface area contributed by atoms with Gasteiger partial charge in [0, 0.05) is 15.9 Å². The fourth-order valence-corrected chi connectivity index (χ4v) is 3.08. The number of methoxy groups -OCH3 is 1. The van der Waals surface area contributed by atoms with Gasteiger partial charge in [-0.05, 0) is 37.9 Å². The zero-order valence-electron chi connectivity index (χ0n) is 9.24. The Hall–Kier alpha value is -0.920. The second-order valence-corrected chi connectivity index (χ2v) is 5.72. The standard InChI is InChI=1S/C11H8Br2N2O2S/c1-17-10-3-8(6(12)2-7(10)13)15-11(16)9-4-18-5-14-9/h2-5H,1H3,(H,15,16). The van der Waals surface area contributed by atoms with Gasteiger partial charge >= 0.3 is 0 Å². The van der Waals surface area contributed by atoms with Gasteiger partial charge in [0.25, 0.3) is 5.91 Å². The number of thiazole rings is 1. The number of ether oxygens (including phenoxy) is 1. The fourth-order valence-electron chi connectivity index (χ4n) is 1.29. The minimum absolute atomic E-state index is 0.249. The first-order chi connectivity index (χ1) is 8.61. The molecule has 18 heavy (non-hydrogen) atoms. The highest BCUT2D eigenvalue weighted by atomic mass is 79.9. The van der Waals surface area contributed by atoms with Crippen molar-refractivity contribution in [1.82, 2.24) is 4.98 Å². The summed E-state index contributed by atoms with van der Waals surface area (Å²) in [7, 11) is 1.57. The monoisotopic (exact) mass is 390 g/mol. The molecule has 0 saturated heterocycles. The van der Waals surface area contributed by atoms with Gasteiger partial charge in [0.15, 0.2) is 0 Å². The maximum atomic E-state index is 11.9. The summed E-state index contributed by atoms with van der Waals surface area (Å²) in [6, 6.07) is 3.55. The molecule has 1 heterocycles. The summed E-state index contributed by atoms with van der Waals surface area (Å²) < 4.78 is 6.75. The topological polar surface area (TPSA) is 51.2 Å². The van der Waals surface area contributed by atoms with Crippen molar-refractivity contribution in [3.05, 3.63) is 37.7 Å². The second kappa shape index (κ2) is 5.81. The lowest BCUT2D eigenvalue weighted by atomic mass is 10.3. The maximum Gasteiger partial charge on any atom is 0.275 e. The molecule has 0 saturated carbocycles. The highest BCUT2D eigenvalue weighted by Gasteiger charge is 2.12. The maximum absolute atomic E-state index is 11.9. The van der Waals surface area contributed by atoms with E-state index in [4.69, 9.17) is 4.74 Å². The molecule has 1 aromatic carbocycles. The summed E-state index contributed by atoms with van der Waals surface area (Å²) >= 11 is 8.13. The highest BCUT2D eigenvalue weighted by Crippen LogP contribution is 2.34. The summed E-state index contributed by atoms with van der Waals surface area (Å²) in [6.07, 6.45) is 0. The van der Waals surface area contributed by atoms with Crippen molar-refractivity contribution in [3.63, 3.8) is 0 Å². The van der Waals surface area contributed by atoms with Crippen LogP contribution in [0.2, 0.25) is 0 Å². The van der Waals surface area contributed by atoms with Gasteiger partial charge in [-0.15, -0.1) is 11.3 Å². The summed E-state index contributed by atoms with van der Waals surface area (Å²) in [5.41, 5.74) is 2.65. The molecule has 0 bridgehead atoms. The van der Waals surface area contributed by atoms with Crippen LogP contribution in [-0.2, 0) is 0 Å². The number of aromatic nitrogens is 1. The first-order valence-corrected chi connectivity index (χ1v) is 7.37. The molecule has 2 aromatic rings. The van der Waals surface area contributed by atoms with Crippen molar-refractivity contribution in [1.29, 1.82) is 0 Å². The molecule has 0 fully saturated rings. The van der Waals surface area contributed by atoms with Gasteiger partial charge in [0.05, 0.1) is 22.8 Å². The van der Waals surface area contributed by atoms with Gasteiger partial charge in [-0.2, -0.15) is 0 Å². The van der Waals surface area contributed by atoms with Crippen LogP contribution in [0.1, 0.15) is 10.5 Å². The number of nitrogens with one attached hydrogen (secondary N) is 1. The van der Waals surface area contributed by atoms with E-state index in [9.17, 15) is 4.79 Å². The Kier molecular flexibility index (Phi) is 4.36. The largest absolute Gasteiger partial charge is 0.495 e. The molecule has 7 heteroatoms. The molecule has 0 spiro atoms. The normalized spacial score (nSPS) is 10.2. The first kappa shape index (κ1) is 13.5. The smallest absolute Gasteiger partial charge is 0.275 e. The van der Waals surface area contributed by atoms with Crippen molar-refractivity contribution >= 4 is 54.8 Å². The van der Waals surface area contributed by atoms with E-state index >= 15 is 0 Å². The second-order valence-electron chi connectivity index (χ2n) is 3.29. The number of nitrogens with zero attached hydrogens (tertiary/aromatic N) is 1. The number of halogens is 2. The SMILES string of the molecule is COc1cc(NC(=O)c2cscn2)c(Br)cc1Br. The molecule has 0 unspecified atom stereocenters. The zero-order chi connectivity index (χ0) is 13.1. The zero-order valence-corrected chi connectivity index (χ0v) is 13.2. The summed E-state index contributed by atoms with van der Waals surface area (Å²) in [4.78, 5) is 15.8. The highest BCUT2D eigenvalue weighted by molar-refractivity contribution is 9.11. The van der Waals surface area contributed by atoms with Crippen LogP contribution in [0.15, 0.2) is 32.0 Å². The molecule has 0 aliphatic carbocycles. The fraction of sp³-hybridized carbons (Fsp3) is 0.0909.